The molecule has 0 saturated carbocycles. The van der Waals surface area contributed by atoms with Crippen LogP contribution in [0.3, 0.4) is 0 Å². The highest BCUT2D eigenvalue weighted by atomic mass is 79.9. The van der Waals surface area contributed by atoms with Crippen molar-refractivity contribution in [2.24, 2.45) is 0 Å². The average Bonchev–Trinajstić information content (AvgIpc) is 2.09. The van der Waals surface area contributed by atoms with E-state index in [1.165, 1.54) is 0 Å². The van der Waals surface area contributed by atoms with Gasteiger partial charge in [0.2, 0.25) is 6.43 Å². The lowest BCUT2D eigenvalue weighted by molar-refractivity contribution is 0.0808. The third-order valence-corrected chi connectivity index (χ3v) is 2.53. The predicted octanol–water partition coefficient (Wildman–Crippen LogP) is 2.79. The molecule has 0 aromatic heterocycles. The lowest BCUT2D eigenvalue weighted by atomic mass is 10.0. The Morgan fingerprint density at radius 2 is 1.92 bits per heavy atom. The Morgan fingerprint density at radius 3 is 2.38 bits per heavy atom. The molecule has 0 heterocycles. The second-order valence-electron chi connectivity index (χ2n) is 2.65. The molecular formula is C9H9BrF2O. The first-order valence-electron chi connectivity index (χ1n) is 3.80. The molecule has 0 aliphatic rings. The Kier molecular flexibility index (Phi) is 3.81. The van der Waals surface area contributed by atoms with Crippen molar-refractivity contribution in [3.63, 3.8) is 0 Å². The zero-order valence-corrected chi connectivity index (χ0v) is 8.34. The monoisotopic (exact) mass is 250 g/mol. The van der Waals surface area contributed by atoms with Crippen molar-refractivity contribution >= 4 is 15.9 Å². The van der Waals surface area contributed by atoms with Crippen molar-refractivity contribution in [1.29, 1.82) is 0 Å². The van der Waals surface area contributed by atoms with Crippen LogP contribution >= 0.6 is 15.9 Å². The highest BCUT2D eigenvalue weighted by Gasteiger charge is 2.22. The fourth-order valence-corrected chi connectivity index (χ4v) is 1.67. The standard InChI is InChI=1S/C9H9BrF2O/c10-8-4-2-1-3-6(8)7(5-13)9(11)12/h1-4,7,9,13H,5H2. The minimum Gasteiger partial charge on any atom is -0.396 e. The van der Waals surface area contributed by atoms with Crippen LogP contribution in [0.5, 0.6) is 0 Å². The number of halogens is 3. The second kappa shape index (κ2) is 4.67. The lowest BCUT2D eigenvalue weighted by Gasteiger charge is -2.14. The Morgan fingerprint density at radius 1 is 1.31 bits per heavy atom. The van der Waals surface area contributed by atoms with Gasteiger partial charge in [-0.05, 0) is 11.6 Å². The molecule has 0 radical (unpaired) electrons. The molecule has 1 rings (SSSR count). The first-order valence-corrected chi connectivity index (χ1v) is 4.59. The molecule has 72 valence electrons. The van der Waals surface area contributed by atoms with E-state index in [1.807, 2.05) is 0 Å². The van der Waals surface area contributed by atoms with Crippen molar-refractivity contribution < 1.29 is 13.9 Å². The van der Waals surface area contributed by atoms with Gasteiger partial charge in [-0.25, -0.2) is 8.78 Å². The summed E-state index contributed by atoms with van der Waals surface area (Å²) in [4.78, 5) is 0. The topological polar surface area (TPSA) is 20.2 Å². The number of aliphatic hydroxyl groups is 1. The Labute approximate surface area is 83.5 Å². The molecule has 1 N–H and O–H groups in total. The molecule has 1 atom stereocenters. The molecule has 13 heavy (non-hydrogen) atoms. The summed E-state index contributed by atoms with van der Waals surface area (Å²) in [6.07, 6.45) is -2.54. The molecule has 1 aromatic rings. The summed E-state index contributed by atoms with van der Waals surface area (Å²) in [7, 11) is 0. The van der Waals surface area contributed by atoms with Crippen molar-refractivity contribution in [2.45, 2.75) is 12.3 Å². The summed E-state index contributed by atoms with van der Waals surface area (Å²) in [6.45, 7) is -0.541. The molecule has 0 saturated heterocycles. The van der Waals surface area contributed by atoms with Crippen molar-refractivity contribution in [3.8, 4) is 0 Å². The largest absolute Gasteiger partial charge is 0.396 e. The summed E-state index contributed by atoms with van der Waals surface area (Å²) in [6, 6.07) is 6.68. The summed E-state index contributed by atoms with van der Waals surface area (Å²) < 4.78 is 25.4. The van der Waals surface area contributed by atoms with E-state index in [4.69, 9.17) is 5.11 Å². The van der Waals surface area contributed by atoms with Crippen LogP contribution in [-0.2, 0) is 0 Å². The van der Waals surface area contributed by atoms with Crippen LogP contribution < -0.4 is 0 Å². The van der Waals surface area contributed by atoms with Gasteiger partial charge in [-0.1, -0.05) is 34.1 Å². The van der Waals surface area contributed by atoms with Crippen LogP contribution in [0.15, 0.2) is 28.7 Å². The number of aliphatic hydroxyl groups excluding tert-OH is 1. The third kappa shape index (κ3) is 2.48. The second-order valence-corrected chi connectivity index (χ2v) is 3.50. The van der Waals surface area contributed by atoms with E-state index in [0.717, 1.165) is 0 Å². The third-order valence-electron chi connectivity index (χ3n) is 1.81. The summed E-state index contributed by atoms with van der Waals surface area (Å²) in [5.74, 6) is -1.10. The molecule has 0 bridgehead atoms. The van der Waals surface area contributed by atoms with Gasteiger partial charge in [0, 0.05) is 4.47 Å². The SMILES string of the molecule is OCC(c1ccccc1Br)C(F)F. The maximum atomic E-state index is 12.4. The number of alkyl halides is 2. The molecule has 1 nitrogen and oxygen atoms in total. The normalized spacial score (nSPS) is 13.3. The van der Waals surface area contributed by atoms with E-state index in [9.17, 15) is 8.78 Å². The number of rotatable bonds is 3. The maximum absolute atomic E-state index is 12.4. The van der Waals surface area contributed by atoms with E-state index in [2.05, 4.69) is 15.9 Å². The Bertz CT molecular complexity index is 278. The fraction of sp³-hybridized carbons (Fsp3) is 0.333. The van der Waals surface area contributed by atoms with Crippen LogP contribution in [0.25, 0.3) is 0 Å². The minimum atomic E-state index is -2.54. The predicted molar refractivity (Wildman–Crippen MR) is 50.0 cm³/mol. The van der Waals surface area contributed by atoms with Gasteiger partial charge in [0.15, 0.2) is 0 Å². The van der Waals surface area contributed by atoms with Gasteiger partial charge in [0.1, 0.15) is 0 Å². The van der Waals surface area contributed by atoms with Gasteiger partial charge in [0.25, 0.3) is 0 Å². The van der Waals surface area contributed by atoms with Crippen molar-refractivity contribution in [2.75, 3.05) is 6.61 Å². The molecule has 1 unspecified atom stereocenters. The summed E-state index contributed by atoms with van der Waals surface area (Å²) in [5.41, 5.74) is 0.444. The van der Waals surface area contributed by atoms with Crippen LogP contribution in [0.4, 0.5) is 8.78 Å². The molecule has 0 aliphatic carbocycles. The van der Waals surface area contributed by atoms with Crippen molar-refractivity contribution in [1.82, 2.24) is 0 Å². The van der Waals surface area contributed by atoms with E-state index < -0.39 is 19.0 Å². The van der Waals surface area contributed by atoms with Crippen molar-refractivity contribution in [3.05, 3.63) is 34.3 Å². The Hall–Kier alpha value is -0.480. The zero-order valence-electron chi connectivity index (χ0n) is 6.75. The Balaban J connectivity index is 2.97. The van der Waals surface area contributed by atoms with Crippen LogP contribution in [-0.4, -0.2) is 18.1 Å². The van der Waals surface area contributed by atoms with Gasteiger partial charge in [-0.3, -0.25) is 0 Å². The summed E-state index contributed by atoms with van der Waals surface area (Å²) >= 11 is 3.16. The van der Waals surface area contributed by atoms with Gasteiger partial charge in [-0.15, -0.1) is 0 Å². The van der Waals surface area contributed by atoms with Gasteiger partial charge in [-0.2, -0.15) is 0 Å². The number of hydrogen-bond acceptors (Lipinski definition) is 1. The minimum absolute atomic E-state index is 0.444. The molecule has 1 aromatic carbocycles. The van der Waals surface area contributed by atoms with E-state index in [-0.39, 0.29) is 0 Å². The highest BCUT2D eigenvalue weighted by molar-refractivity contribution is 9.10. The highest BCUT2D eigenvalue weighted by Crippen LogP contribution is 2.28. The number of hydrogen-bond donors (Lipinski definition) is 1. The maximum Gasteiger partial charge on any atom is 0.247 e. The zero-order chi connectivity index (χ0) is 9.84. The average molecular weight is 251 g/mol. The lowest BCUT2D eigenvalue weighted by Crippen LogP contribution is -2.13. The molecular weight excluding hydrogens is 242 g/mol. The first kappa shape index (κ1) is 10.6. The quantitative estimate of drug-likeness (QED) is 0.875. The van der Waals surface area contributed by atoms with Gasteiger partial charge < -0.3 is 5.11 Å². The van der Waals surface area contributed by atoms with Crippen LogP contribution in [0.2, 0.25) is 0 Å². The first-order chi connectivity index (χ1) is 6.16. The van der Waals surface area contributed by atoms with E-state index in [1.54, 1.807) is 24.3 Å². The molecule has 0 aliphatic heterocycles. The van der Waals surface area contributed by atoms with Crippen LogP contribution in [0, 0.1) is 0 Å². The molecule has 0 amide bonds. The number of benzene rings is 1. The van der Waals surface area contributed by atoms with Gasteiger partial charge in [0.05, 0.1) is 12.5 Å². The molecule has 4 heteroatoms. The van der Waals surface area contributed by atoms with Crippen LogP contribution in [0.1, 0.15) is 11.5 Å². The molecule has 0 spiro atoms. The molecule has 0 fully saturated rings. The summed E-state index contributed by atoms with van der Waals surface area (Å²) in [5, 5.41) is 8.77. The van der Waals surface area contributed by atoms with Gasteiger partial charge >= 0.3 is 0 Å². The fourth-order valence-electron chi connectivity index (χ4n) is 1.09. The van der Waals surface area contributed by atoms with E-state index >= 15 is 0 Å². The van der Waals surface area contributed by atoms with E-state index in [0.29, 0.717) is 10.0 Å². The smallest absolute Gasteiger partial charge is 0.247 e.